The summed E-state index contributed by atoms with van der Waals surface area (Å²) in [6, 6.07) is 22.1. The molecule has 180 valence electrons. The standard InChI is InChI=1S/C28H31F2NO3/c1-3-33-27(32)20-31-19-7-10-26(22-8-5-4-6-9-22)34-25-17-15-24(16-18-25)28(29,30)23-13-11-21(2)12-14-23/h4-6,8-9,11-18,26,31H,3,7,10,19-20H2,1-2H3. The summed E-state index contributed by atoms with van der Waals surface area (Å²) >= 11 is 0. The maximum absolute atomic E-state index is 14.9. The molecule has 0 fully saturated rings. The van der Waals surface area contributed by atoms with E-state index in [4.69, 9.17) is 9.47 Å². The minimum atomic E-state index is -3.09. The van der Waals surface area contributed by atoms with Crippen LogP contribution in [0.2, 0.25) is 0 Å². The smallest absolute Gasteiger partial charge is 0.319 e. The molecular weight excluding hydrogens is 436 g/mol. The Hall–Kier alpha value is -3.25. The van der Waals surface area contributed by atoms with Gasteiger partial charge in [-0.25, -0.2) is 0 Å². The number of esters is 1. The monoisotopic (exact) mass is 467 g/mol. The maximum Gasteiger partial charge on any atom is 0.319 e. The minimum absolute atomic E-state index is 0.0377. The number of carbonyl (C=O) groups excluding carboxylic acids is 1. The lowest BCUT2D eigenvalue weighted by Crippen LogP contribution is -2.26. The van der Waals surface area contributed by atoms with Crippen molar-refractivity contribution in [2.75, 3.05) is 19.7 Å². The van der Waals surface area contributed by atoms with E-state index >= 15 is 0 Å². The van der Waals surface area contributed by atoms with Crippen LogP contribution in [-0.4, -0.2) is 25.7 Å². The summed E-state index contributed by atoms with van der Waals surface area (Å²) in [4.78, 5) is 11.4. The molecule has 1 unspecified atom stereocenters. The molecule has 0 bridgehead atoms. The summed E-state index contributed by atoms with van der Waals surface area (Å²) in [5.41, 5.74) is 1.82. The average molecular weight is 468 g/mol. The van der Waals surface area contributed by atoms with Gasteiger partial charge in [-0.05, 0) is 63.1 Å². The largest absolute Gasteiger partial charge is 0.486 e. The topological polar surface area (TPSA) is 47.6 Å². The van der Waals surface area contributed by atoms with E-state index < -0.39 is 5.92 Å². The van der Waals surface area contributed by atoms with E-state index in [1.807, 2.05) is 37.3 Å². The van der Waals surface area contributed by atoms with Gasteiger partial charge in [0, 0.05) is 11.1 Å². The number of rotatable bonds is 12. The Morgan fingerprint density at radius 1 is 0.941 bits per heavy atom. The predicted octanol–water partition coefficient (Wildman–Crippen LogP) is 6.19. The van der Waals surface area contributed by atoms with Crippen LogP contribution in [0.5, 0.6) is 5.75 Å². The number of nitrogens with one attached hydrogen (secondary N) is 1. The van der Waals surface area contributed by atoms with Crippen molar-refractivity contribution in [2.24, 2.45) is 0 Å². The van der Waals surface area contributed by atoms with Gasteiger partial charge in [0.05, 0.1) is 13.2 Å². The minimum Gasteiger partial charge on any atom is -0.486 e. The summed E-state index contributed by atoms with van der Waals surface area (Å²) in [7, 11) is 0. The third-order valence-corrected chi connectivity index (χ3v) is 5.48. The van der Waals surface area contributed by atoms with Gasteiger partial charge in [0.15, 0.2) is 0 Å². The normalized spacial score (nSPS) is 12.2. The molecule has 0 aliphatic heterocycles. The third kappa shape index (κ3) is 7.12. The van der Waals surface area contributed by atoms with Crippen molar-refractivity contribution in [3.63, 3.8) is 0 Å². The zero-order valence-electron chi connectivity index (χ0n) is 19.6. The summed E-state index contributed by atoms with van der Waals surface area (Å²) in [6.45, 7) is 4.80. The SMILES string of the molecule is CCOC(=O)CNCCCC(Oc1ccc(C(F)(F)c2ccc(C)cc2)cc1)c1ccccc1. The molecular formula is C28H31F2NO3. The van der Waals surface area contributed by atoms with Crippen molar-refractivity contribution in [1.29, 1.82) is 0 Å². The van der Waals surface area contributed by atoms with Crippen LogP contribution >= 0.6 is 0 Å². The van der Waals surface area contributed by atoms with Crippen LogP contribution in [0.1, 0.15) is 48.1 Å². The van der Waals surface area contributed by atoms with Crippen molar-refractivity contribution < 1.29 is 23.0 Å². The molecule has 3 aromatic carbocycles. The zero-order valence-corrected chi connectivity index (χ0v) is 19.6. The van der Waals surface area contributed by atoms with Crippen LogP contribution < -0.4 is 10.1 Å². The first-order valence-corrected chi connectivity index (χ1v) is 11.5. The Kier molecular flexibility index (Phi) is 9.16. The Balaban J connectivity index is 1.64. The molecule has 0 saturated heterocycles. The molecule has 0 aliphatic rings. The average Bonchev–Trinajstić information content (AvgIpc) is 2.84. The van der Waals surface area contributed by atoms with Crippen molar-refractivity contribution in [2.45, 2.75) is 38.7 Å². The number of halogens is 2. The second-order valence-corrected chi connectivity index (χ2v) is 8.11. The van der Waals surface area contributed by atoms with E-state index in [2.05, 4.69) is 5.32 Å². The van der Waals surface area contributed by atoms with Crippen LogP contribution in [0.4, 0.5) is 8.78 Å². The number of hydrogen-bond donors (Lipinski definition) is 1. The fraction of sp³-hybridized carbons (Fsp3) is 0.321. The van der Waals surface area contributed by atoms with E-state index in [9.17, 15) is 13.6 Å². The maximum atomic E-state index is 14.9. The first-order valence-electron chi connectivity index (χ1n) is 11.5. The molecule has 34 heavy (non-hydrogen) atoms. The van der Waals surface area contributed by atoms with Gasteiger partial charge in [-0.1, -0.05) is 60.2 Å². The Morgan fingerprint density at radius 2 is 1.56 bits per heavy atom. The van der Waals surface area contributed by atoms with Gasteiger partial charge in [-0.3, -0.25) is 4.79 Å². The van der Waals surface area contributed by atoms with E-state index in [1.54, 1.807) is 31.2 Å². The van der Waals surface area contributed by atoms with Gasteiger partial charge in [-0.15, -0.1) is 0 Å². The van der Waals surface area contributed by atoms with Gasteiger partial charge in [0.2, 0.25) is 0 Å². The summed E-state index contributed by atoms with van der Waals surface area (Å²) in [6.07, 6.45) is 1.22. The van der Waals surface area contributed by atoms with Crippen molar-refractivity contribution in [3.05, 3.63) is 101 Å². The van der Waals surface area contributed by atoms with E-state index in [1.165, 1.54) is 24.3 Å². The van der Waals surface area contributed by atoms with Crippen LogP contribution in [-0.2, 0) is 15.5 Å². The molecule has 3 aromatic rings. The number of aryl methyl sites for hydroxylation is 1. The molecule has 0 heterocycles. The quantitative estimate of drug-likeness (QED) is 0.255. The summed E-state index contributed by atoms with van der Waals surface area (Å²) in [5, 5.41) is 3.07. The zero-order chi connectivity index (χ0) is 24.4. The molecule has 0 aromatic heterocycles. The van der Waals surface area contributed by atoms with Gasteiger partial charge < -0.3 is 14.8 Å². The van der Waals surface area contributed by atoms with E-state index in [0.717, 1.165) is 17.5 Å². The van der Waals surface area contributed by atoms with Crippen LogP contribution in [0, 0.1) is 6.92 Å². The first-order chi connectivity index (χ1) is 16.4. The fourth-order valence-electron chi connectivity index (χ4n) is 3.61. The number of ether oxygens (including phenoxy) is 2. The summed E-state index contributed by atoms with van der Waals surface area (Å²) in [5.74, 6) is -2.84. The third-order valence-electron chi connectivity index (χ3n) is 5.48. The van der Waals surface area contributed by atoms with Gasteiger partial charge in [0.1, 0.15) is 11.9 Å². The molecule has 1 atom stereocenters. The van der Waals surface area contributed by atoms with Crippen molar-refractivity contribution in [3.8, 4) is 5.75 Å². The molecule has 6 heteroatoms. The molecule has 4 nitrogen and oxygen atoms in total. The second kappa shape index (κ2) is 12.3. The molecule has 3 rings (SSSR count). The molecule has 0 amide bonds. The van der Waals surface area contributed by atoms with E-state index in [0.29, 0.717) is 25.3 Å². The highest BCUT2D eigenvalue weighted by Gasteiger charge is 2.33. The lowest BCUT2D eigenvalue weighted by Gasteiger charge is -2.21. The van der Waals surface area contributed by atoms with Gasteiger partial charge in [-0.2, -0.15) is 8.78 Å². The highest BCUT2D eigenvalue weighted by atomic mass is 19.3. The fourth-order valence-corrected chi connectivity index (χ4v) is 3.61. The Morgan fingerprint density at radius 3 is 2.18 bits per heavy atom. The number of hydrogen-bond acceptors (Lipinski definition) is 4. The number of carbonyl (C=O) groups is 1. The van der Waals surface area contributed by atoms with Crippen LogP contribution in [0.3, 0.4) is 0 Å². The first kappa shape index (κ1) is 25.4. The van der Waals surface area contributed by atoms with Crippen LogP contribution in [0.25, 0.3) is 0 Å². The van der Waals surface area contributed by atoms with Crippen LogP contribution in [0.15, 0.2) is 78.9 Å². The van der Waals surface area contributed by atoms with Gasteiger partial charge >= 0.3 is 5.97 Å². The number of benzene rings is 3. The molecule has 0 saturated carbocycles. The Bertz CT molecular complexity index is 1020. The van der Waals surface area contributed by atoms with Crippen molar-refractivity contribution in [1.82, 2.24) is 5.32 Å². The predicted molar refractivity (Wildman–Crippen MR) is 129 cm³/mol. The molecule has 1 N–H and O–H groups in total. The highest BCUT2D eigenvalue weighted by Crippen LogP contribution is 2.37. The molecule has 0 aliphatic carbocycles. The lowest BCUT2D eigenvalue weighted by molar-refractivity contribution is -0.141. The highest BCUT2D eigenvalue weighted by molar-refractivity contribution is 5.71. The second-order valence-electron chi connectivity index (χ2n) is 8.11. The lowest BCUT2D eigenvalue weighted by atomic mass is 9.99. The van der Waals surface area contributed by atoms with Crippen molar-refractivity contribution >= 4 is 5.97 Å². The molecule has 0 spiro atoms. The van der Waals surface area contributed by atoms with Gasteiger partial charge in [0.25, 0.3) is 5.92 Å². The van der Waals surface area contributed by atoms with E-state index in [-0.39, 0.29) is 29.7 Å². The number of alkyl halides is 2. The molecule has 0 radical (unpaired) electrons. The Labute approximate surface area is 199 Å². The summed E-state index contributed by atoms with van der Waals surface area (Å²) < 4.78 is 41.0.